The van der Waals surface area contributed by atoms with Crippen molar-refractivity contribution in [1.29, 1.82) is 0 Å². The molecule has 23 heavy (non-hydrogen) atoms. The van der Waals surface area contributed by atoms with Crippen molar-refractivity contribution in [1.82, 2.24) is 4.57 Å². The number of hydrogen-bond donors (Lipinski definition) is 0. The molecule has 0 radical (unpaired) electrons. The van der Waals surface area contributed by atoms with E-state index in [1.165, 1.54) is 30.6 Å². The molecule has 4 aliphatic rings. The fourth-order valence-corrected chi connectivity index (χ4v) is 6.43. The van der Waals surface area contributed by atoms with E-state index in [4.69, 9.17) is 16.3 Å². The molecule has 0 aliphatic heterocycles. The van der Waals surface area contributed by atoms with E-state index in [0.29, 0.717) is 22.3 Å². The van der Waals surface area contributed by atoms with Gasteiger partial charge in [0.1, 0.15) is 4.34 Å². The highest BCUT2D eigenvalue weighted by Crippen LogP contribution is 2.60. The quantitative estimate of drug-likeness (QED) is 0.830. The van der Waals surface area contributed by atoms with Crippen molar-refractivity contribution in [2.75, 3.05) is 13.7 Å². The Morgan fingerprint density at radius 3 is 2.52 bits per heavy atom. The lowest BCUT2D eigenvalue weighted by atomic mass is 9.49. The fourth-order valence-electron chi connectivity index (χ4n) is 5.36. The number of nitrogens with zero attached hydrogens (tertiary/aromatic N) is 2. The van der Waals surface area contributed by atoms with Crippen LogP contribution in [0.1, 0.15) is 38.5 Å². The first kappa shape index (κ1) is 15.9. The Bertz CT molecular complexity index is 643. The van der Waals surface area contributed by atoms with Crippen LogP contribution in [0, 0.1) is 23.2 Å². The van der Waals surface area contributed by atoms with Gasteiger partial charge in [0, 0.05) is 19.9 Å². The number of carbonyl (C=O) groups is 1. The van der Waals surface area contributed by atoms with E-state index in [0.717, 1.165) is 37.0 Å². The van der Waals surface area contributed by atoms with Crippen LogP contribution in [0.25, 0.3) is 0 Å². The lowest BCUT2D eigenvalue weighted by Crippen LogP contribution is -2.49. The minimum Gasteiger partial charge on any atom is -0.383 e. The molecule has 0 atom stereocenters. The summed E-state index contributed by atoms with van der Waals surface area (Å²) >= 11 is 7.51. The average Bonchev–Trinajstić information content (AvgIpc) is 2.83. The predicted octanol–water partition coefficient (Wildman–Crippen LogP) is 3.49. The summed E-state index contributed by atoms with van der Waals surface area (Å²) < 4.78 is 7.73. The van der Waals surface area contributed by atoms with Crippen LogP contribution in [0.4, 0.5) is 0 Å². The fraction of sp³-hybridized carbons (Fsp3) is 0.765. The third-order valence-electron chi connectivity index (χ3n) is 5.92. The standard InChI is InChI=1S/C17H23ClN2O2S/c1-22-3-2-20-10-14(18)23-16(20)19-15(21)17-7-11-4-12(8-17)6-13(5-11)9-17/h10-13H,2-9H2,1H3/b19-16+. The highest BCUT2D eigenvalue weighted by Gasteiger charge is 2.54. The van der Waals surface area contributed by atoms with Crippen LogP contribution in [0.3, 0.4) is 0 Å². The molecule has 1 amide bonds. The van der Waals surface area contributed by atoms with Gasteiger partial charge in [-0.25, -0.2) is 0 Å². The van der Waals surface area contributed by atoms with Crippen LogP contribution in [-0.2, 0) is 16.1 Å². The zero-order valence-electron chi connectivity index (χ0n) is 13.5. The number of rotatable bonds is 4. The van der Waals surface area contributed by atoms with Gasteiger partial charge in [-0.15, -0.1) is 0 Å². The first-order valence-corrected chi connectivity index (χ1v) is 9.71. The number of amides is 1. The van der Waals surface area contributed by atoms with E-state index in [1.54, 1.807) is 7.11 Å². The minimum atomic E-state index is -0.176. The van der Waals surface area contributed by atoms with E-state index in [-0.39, 0.29) is 11.3 Å². The molecule has 4 bridgehead atoms. The van der Waals surface area contributed by atoms with Gasteiger partial charge in [-0.05, 0) is 56.3 Å². The van der Waals surface area contributed by atoms with Crippen LogP contribution in [0.2, 0.25) is 4.34 Å². The molecule has 1 heterocycles. The number of thiazole rings is 1. The first-order chi connectivity index (χ1) is 11.1. The monoisotopic (exact) mass is 354 g/mol. The van der Waals surface area contributed by atoms with Crippen molar-refractivity contribution < 1.29 is 9.53 Å². The van der Waals surface area contributed by atoms with Crippen molar-refractivity contribution in [3.8, 4) is 0 Å². The van der Waals surface area contributed by atoms with Crippen molar-refractivity contribution in [2.45, 2.75) is 45.1 Å². The molecule has 1 aromatic rings. The second-order valence-electron chi connectivity index (χ2n) is 7.62. The van der Waals surface area contributed by atoms with Crippen molar-refractivity contribution in [3.63, 3.8) is 0 Å². The van der Waals surface area contributed by atoms with Crippen LogP contribution >= 0.6 is 22.9 Å². The summed E-state index contributed by atoms with van der Waals surface area (Å²) in [6.45, 7) is 1.26. The summed E-state index contributed by atoms with van der Waals surface area (Å²) in [5.74, 6) is 2.37. The summed E-state index contributed by atoms with van der Waals surface area (Å²) in [4.78, 5) is 18.3. The Labute approximate surface area is 145 Å². The zero-order valence-corrected chi connectivity index (χ0v) is 15.0. The van der Waals surface area contributed by atoms with E-state index in [9.17, 15) is 4.79 Å². The largest absolute Gasteiger partial charge is 0.383 e. The lowest BCUT2D eigenvalue weighted by Gasteiger charge is -2.55. The summed E-state index contributed by atoms with van der Waals surface area (Å²) in [5.41, 5.74) is -0.176. The summed E-state index contributed by atoms with van der Waals surface area (Å²) in [7, 11) is 1.67. The van der Waals surface area contributed by atoms with Gasteiger partial charge < -0.3 is 9.30 Å². The molecule has 0 saturated heterocycles. The molecule has 1 aromatic heterocycles. The van der Waals surface area contributed by atoms with Crippen molar-refractivity contribution in [2.24, 2.45) is 28.2 Å². The van der Waals surface area contributed by atoms with Crippen LogP contribution < -0.4 is 4.80 Å². The Kier molecular flexibility index (Phi) is 4.14. The molecular weight excluding hydrogens is 332 g/mol. The number of methoxy groups -OCH3 is 1. The highest BCUT2D eigenvalue weighted by atomic mass is 35.5. The van der Waals surface area contributed by atoms with Crippen LogP contribution in [-0.4, -0.2) is 24.2 Å². The molecular formula is C17H23ClN2O2S. The maximum absolute atomic E-state index is 13.1. The van der Waals surface area contributed by atoms with Crippen LogP contribution in [0.5, 0.6) is 0 Å². The number of ether oxygens (including phenoxy) is 1. The third-order valence-corrected chi connectivity index (χ3v) is 7.06. The Morgan fingerprint density at radius 2 is 1.96 bits per heavy atom. The van der Waals surface area contributed by atoms with Gasteiger partial charge in [0.25, 0.3) is 5.91 Å². The molecule has 0 N–H and O–H groups in total. The average molecular weight is 355 g/mol. The van der Waals surface area contributed by atoms with Gasteiger partial charge in [0.2, 0.25) is 0 Å². The molecule has 6 heteroatoms. The number of halogens is 1. The highest BCUT2D eigenvalue weighted by molar-refractivity contribution is 7.13. The van der Waals surface area contributed by atoms with Gasteiger partial charge in [-0.1, -0.05) is 22.9 Å². The molecule has 0 aromatic carbocycles. The minimum absolute atomic E-state index is 0.0984. The van der Waals surface area contributed by atoms with Gasteiger partial charge in [0.05, 0.1) is 12.0 Å². The first-order valence-electron chi connectivity index (χ1n) is 8.52. The van der Waals surface area contributed by atoms with E-state index >= 15 is 0 Å². The summed E-state index contributed by atoms with van der Waals surface area (Å²) in [6.07, 6.45) is 9.02. The van der Waals surface area contributed by atoms with E-state index in [1.807, 2.05) is 10.8 Å². The molecule has 0 unspecified atom stereocenters. The van der Waals surface area contributed by atoms with Crippen molar-refractivity contribution >= 4 is 28.8 Å². The smallest absolute Gasteiger partial charge is 0.254 e. The number of carbonyl (C=O) groups excluding carboxylic acids is 1. The normalized spacial score (nSPS) is 35.9. The number of hydrogen-bond acceptors (Lipinski definition) is 3. The molecule has 5 rings (SSSR count). The molecule has 4 nitrogen and oxygen atoms in total. The number of aromatic nitrogens is 1. The van der Waals surface area contributed by atoms with Crippen LogP contribution in [0.15, 0.2) is 11.2 Å². The van der Waals surface area contributed by atoms with Crippen molar-refractivity contribution in [3.05, 3.63) is 15.3 Å². The third kappa shape index (κ3) is 2.92. The zero-order chi connectivity index (χ0) is 16.0. The second-order valence-corrected chi connectivity index (χ2v) is 9.26. The van der Waals surface area contributed by atoms with Gasteiger partial charge in [0.15, 0.2) is 4.80 Å². The maximum atomic E-state index is 13.1. The lowest BCUT2D eigenvalue weighted by molar-refractivity contribution is -0.142. The molecule has 4 aliphatic carbocycles. The van der Waals surface area contributed by atoms with Gasteiger partial charge >= 0.3 is 0 Å². The Morgan fingerprint density at radius 1 is 1.35 bits per heavy atom. The predicted molar refractivity (Wildman–Crippen MR) is 90.4 cm³/mol. The molecule has 4 saturated carbocycles. The van der Waals surface area contributed by atoms with Gasteiger partial charge in [-0.3, -0.25) is 4.79 Å². The van der Waals surface area contributed by atoms with E-state index < -0.39 is 0 Å². The Balaban J connectivity index is 1.62. The van der Waals surface area contributed by atoms with E-state index in [2.05, 4.69) is 4.99 Å². The topological polar surface area (TPSA) is 43.6 Å². The SMILES string of the molecule is COCCn1cc(Cl)s/c1=N/C(=O)C12CC3CC(CC(C3)C1)C2. The molecule has 4 fully saturated rings. The summed E-state index contributed by atoms with van der Waals surface area (Å²) in [5, 5.41) is 0. The molecule has 126 valence electrons. The van der Waals surface area contributed by atoms with Gasteiger partial charge in [-0.2, -0.15) is 4.99 Å². The summed E-state index contributed by atoms with van der Waals surface area (Å²) in [6, 6.07) is 0. The maximum Gasteiger partial charge on any atom is 0.254 e. The second kappa shape index (κ2) is 6.01. The molecule has 0 spiro atoms. The Hall–Kier alpha value is -0.650.